The molecule has 2 atom stereocenters. The molecular formula is C19H26N2. The van der Waals surface area contributed by atoms with Gasteiger partial charge >= 0.3 is 0 Å². The van der Waals surface area contributed by atoms with E-state index in [-0.39, 0.29) is 0 Å². The first-order valence-corrected chi connectivity index (χ1v) is 8.17. The Kier molecular flexibility index (Phi) is 4.57. The fourth-order valence-electron chi connectivity index (χ4n) is 3.44. The highest BCUT2D eigenvalue weighted by Crippen LogP contribution is 2.27. The quantitative estimate of drug-likeness (QED) is 0.912. The normalized spacial score (nSPS) is 20.8. The third-order valence-corrected chi connectivity index (χ3v) is 4.86. The van der Waals surface area contributed by atoms with Crippen LogP contribution >= 0.6 is 0 Å². The lowest BCUT2D eigenvalue weighted by Crippen LogP contribution is -2.43. The molecule has 0 amide bonds. The Bertz CT molecular complexity index is 582. The minimum absolute atomic E-state index is 0.444. The topological polar surface area (TPSA) is 15.3 Å². The second kappa shape index (κ2) is 6.59. The number of likely N-dealkylation sites (N-methyl/N-ethyl adjacent to an activating group) is 1. The minimum atomic E-state index is 0.444. The Morgan fingerprint density at radius 2 is 1.95 bits per heavy atom. The summed E-state index contributed by atoms with van der Waals surface area (Å²) in [5, 5.41) is 6.38. The van der Waals surface area contributed by atoms with Gasteiger partial charge in [0.2, 0.25) is 0 Å². The molecule has 2 aromatic carbocycles. The van der Waals surface area contributed by atoms with Crippen LogP contribution in [0.2, 0.25) is 0 Å². The zero-order valence-corrected chi connectivity index (χ0v) is 13.2. The van der Waals surface area contributed by atoms with Gasteiger partial charge < -0.3 is 5.32 Å². The van der Waals surface area contributed by atoms with Crippen molar-refractivity contribution in [3.05, 3.63) is 48.0 Å². The molecule has 2 aromatic rings. The van der Waals surface area contributed by atoms with Crippen LogP contribution in [-0.4, -0.2) is 31.1 Å². The van der Waals surface area contributed by atoms with E-state index in [1.807, 2.05) is 0 Å². The first-order valence-electron chi connectivity index (χ1n) is 8.17. The monoisotopic (exact) mass is 282 g/mol. The number of piperidine rings is 1. The van der Waals surface area contributed by atoms with Crippen LogP contribution < -0.4 is 5.32 Å². The maximum absolute atomic E-state index is 3.65. The smallest absolute Gasteiger partial charge is 0.0323 e. The molecule has 1 heterocycles. The molecule has 2 heteroatoms. The number of nitrogens with one attached hydrogen (secondary N) is 1. The highest BCUT2D eigenvalue weighted by molar-refractivity contribution is 5.86. The molecule has 0 radical (unpaired) electrons. The molecule has 2 unspecified atom stereocenters. The second-order valence-corrected chi connectivity index (χ2v) is 6.33. The number of fused-ring (bicyclic) bond motifs is 1. The molecule has 1 aliphatic heterocycles. The van der Waals surface area contributed by atoms with Gasteiger partial charge in [0.05, 0.1) is 0 Å². The summed E-state index contributed by atoms with van der Waals surface area (Å²) in [5.74, 6) is 0. The third kappa shape index (κ3) is 3.28. The lowest BCUT2D eigenvalue weighted by atomic mass is 9.98. The van der Waals surface area contributed by atoms with Crippen molar-refractivity contribution in [1.82, 2.24) is 10.2 Å². The zero-order valence-electron chi connectivity index (χ0n) is 13.2. The van der Waals surface area contributed by atoms with E-state index in [2.05, 4.69) is 66.7 Å². The van der Waals surface area contributed by atoms with Crippen LogP contribution in [0.15, 0.2) is 42.5 Å². The minimum Gasteiger partial charge on any atom is -0.313 e. The average Bonchev–Trinajstić information content (AvgIpc) is 2.54. The molecule has 2 nitrogen and oxygen atoms in total. The number of hydrogen-bond acceptors (Lipinski definition) is 2. The van der Waals surface area contributed by atoms with Gasteiger partial charge in [0, 0.05) is 18.6 Å². The lowest BCUT2D eigenvalue weighted by Gasteiger charge is -2.32. The van der Waals surface area contributed by atoms with Gasteiger partial charge in [-0.3, -0.25) is 4.90 Å². The summed E-state index contributed by atoms with van der Waals surface area (Å²) in [5.41, 5.74) is 1.44. The van der Waals surface area contributed by atoms with Crippen molar-refractivity contribution in [2.75, 3.05) is 20.1 Å². The van der Waals surface area contributed by atoms with Gasteiger partial charge in [-0.2, -0.15) is 0 Å². The molecule has 0 aromatic heterocycles. The Morgan fingerprint density at radius 1 is 1.14 bits per heavy atom. The van der Waals surface area contributed by atoms with Crippen LogP contribution in [0.4, 0.5) is 0 Å². The molecular weight excluding hydrogens is 256 g/mol. The van der Waals surface area contributed by atoms with Crippen LogP contribution in [0.3, 0.4) is 0 Å². The molecule has 21 heavy (non-hydrogen) atoms. The number of rotatable bonds is 4. The molecule has 0 spiro atoms. The zero-order chi connectivity index (χ0) is 14.7. The van der Waals surface area contributed by atoms with E-state index in [1.54, 1.807) is 0 Å². The van der Waals surface area contributed by atoms with E-state index in [0.29, 0.717) is 12.1 Å². The summed E-state index contributed by atoms with van der Waals surface area (Å²) in [6, 6.07) is 16.5. The third-order valence-electron chi connectivity index (χ3n) is 4.86. The van der Waals surface area contributed by atoms with E-state index in [1.165, 1.54) is 42.1 Å². The summed E-state index contributed by atoms with van der Waals surface area (Å²) in [6.45, 7) is 4.64. The van der Waals surface area contributed by atoms with Crippen LogP contribution in [0, 0.1) is 0 Å². The molecule has 0 bridgehead atoms. The Morgan fingerprint density at radius 3 is 2.76 bits per heavy atom. The average molecular weight is 282 g/mol. The molecule has 1 N–H and O–H groups in total. The van der Waals surface area contributed by atoms with Crippen LogP contribution in [0.25, 0.3) is 10.8 Å². The van der Waals surface area contributed by atoms with E-state index >= 15 is 0 Å². The molecule has 1 fully saturated rings. The predicted molar refractivity (Wildman–Crippen MR) is 90.6 cm³/mol. The maximum atomic E-state index is 3.65. The van der Waals surface area contributed by atoms with E-state index in [0.717, 1.165) is 6.54 Å². The number of nitrogens with zero attached hydrogens (tertiary/aromatic N) is 1. The second-order valence-electron chi connectivity index (χ2n) is 6.33. The molecule has 112 valence electrons. The van der Waals surface area contributed by atoms with Crippen LogP contribution in [0.1, 0.15) is 37.8 Å². The molecule has 1 saturated heterocycles. The number of hydrogen-bond donors (Lipinski definition) is 1. The van der Waals surface area contributed by atoms with Crippen LogP contribution in [-0.2, 0) is 0 Å². The van der Waals surface area contributed by atoms with E-state index in [4.69, 9.17) is 0 Å². The summed E-state index contributed by atoms with van der Waals surface area (Å²) in [7, 11) is 2.25. The van der Waals surface area contributed by atoms with Crippen molar-refractivity contribution in [3.8, 4) is 0 Å². The van der Waals surface area contributed by atoms with Gasteiger partial charge in [0.25, 0.3) is 0 Å². The first-order chi connectivity index (χ1) is 10.3. The van der Waals surface area contributed by atoms with Gasteiger partial charge in [-0.1, -0.05) is 48.9 Å². The van der Waals surface area contributed by atoms with Crippen molar-refractivity contribution in [2.24, 2.45) is 0 Å². The highest BCUT2D eigenvalue weighted by atomic mass is 15.1. The fourth-order valence-corrected chi connectivity index (χ4v) is 3.44. The van der Waals surface area contributed by atoms with Gasteiger partial charge in [0.15, 0.2) is 0 Å². The largest absolute Gasteiger partial charge is 0.313 e. The summed E-state index contributed by atoms with van der Waals surface area (Å²) in [6.07, 6.45) is 4.01. The summed E-state index contributed by atoms with van der Waals surface area (Å²) in [4.78, 5) is 2.49. The Balaban J connectivity index is 1.77. The standard InChI is InChI=1S/C19H26N2/c1-15(21(2)14-17-10-5-6-13-20-17)18-12-7-9-16-8-3-4-11-19(16)18/h3-4,7-9,11-12,15,17,20H,5-6,10,13-14H2,1-2H3. The highest BCUT2D eigenvalue weighted by Gasteiger charge is 2.19. The predicted octanol–water partition coefficient (Wildman–Crippen LogP) is 3.97. The van der Waals surface area contributed by atoms with E-state index < -0.39 is 0 Å². The Labute approximate surface area is 128 Å². The van der Waals surface area contributed by atoms with E-state index in [9.17, 15) is 0 Å². The van der Waals surface area contributed by atoms with Gasteiger partial charge in [-0.15, -0.1) is 0 Å². The van der Waals surface area contributed by atoms with Gasteiger partial charge in [0.1, 0.15) is 0 Å². The van der Waals surface area contributed by atoms with Gasteiger partial charge in [-0.25, -0.2) is 0 Å². The molecule has 3 rings (SSSR count). The summed E-state index contributed by atoms with van der Waals surface area (Å²) >= 11 is 0. The fraction of sp³-hybridized carbons (Fsp3) is 0.474. The molecule has 0 saturated carbocycles. The molecule has 0 aliphatic carbocycles. The van der Waals surface area contributed by atoms with Crippen molar-refractivity contribution < 1.29 is 0 Å². The van der Waals surface area contributed by atoms with Crippen molar-refractivity contribution in [1.29, 1.82) is 0 Å². The van der Waals surface area contributed by atoms with Crippen molar-refractivity contribution >= 4 is 10.8 Å². The van der Waals surface area contributed by atoms with Crippen molar-refractivity contribution in [3.63, 3.8) is 0 Å². The lowest BCUT2D eigenvalue weighted by molar-refractivity contribution is 0.215. The Hall–Kier alpha value is -1.38. The molecule has 1 aliphatic rings. The van der Waals surface area contributed by atoms with Crippen LogP contribution in [0.5, 0.6) is 0 Å². The SMILES string of the molecule is CC(c1cccc2ccccc12)N(C)CC1CCCCN1. The van der Waals surface area contributed by atoms with Gasteiger partial charge in [-0.05, 0) is 49.7 Å². The maximum Gasteiger partial charge on any atom is 0.0323 e. The number of benzene rings is 2. The summed E-state index contributed by atoms with van der Waals surface area (Å²) < 4.78 is 0. The first kappa shape index (κ1) is 14.6. The van der Waals surface area contributed by atoms with Crippen molar-refractivity contribution in [2.45, 2.75) is 38.3 Å².